The molecule has 0 atom stereocenters. The van der Waals surface area contributed by atoms with E-state index in [1.54, 1.807) is 0 Å². The molecule has 0 spiro atoms. The molecule has 8 nitrogen and oxygen atoms in total. The number of aromatic nitrogens is 2. The van der Waals surface area contributed by atoms with Crippen molar-refractivity contribution in [3.8, 4) is 79.3 Å². The van der Waals surface area contributed by atoms with Crippen molar-refractivity contribution >= 4 is 0 Å². The first-order valence-electron chi connectivity index (χ1n) is 34.6. The Bertz CT molecular complexity index is 2180. The average molecular weight is 1150 g/mol. The smallest absolute Gasteiger partial charge is 0.203 e. The molecule has 0 amide bonds. The van der Waals surface area contributed by atoms with Crippen molar-refractivity contribution in [1.82, 2.24) is 9.97 Å². The molecule has 0 unspecified atom stereocenters. The van der Waals surface area contributed by atoms with Gasteiger partial charge in [0.1, 0.15) is 0 Å². The van der Waals surface area contributed by atoms with Gasteiger partial charge < -0.3 is 28.4 Å². The summed E-state index contributed by atoms with van der Waals surface area (Å²) in [5.41, 5.74) is 7.49. The second kappa shape index (κ2) is 45.1. The summed E-state index contributed by atoms with van der Waals surface area (Å²) in [6.45, 7) is 17.5. The third-order valence-electron chi connectivity index (χ3n) is 16.1. The fourth-order valence-corrected chi connectivity index (χ4v) is 10.8. The molecule has 0 aliphatic heterocycles. The Morgan fingerprint density at radius 1 is 0.274 bits per heavy atom. The molecule has 5 rings (SSSR count). The number of nitrogens with zero attached hydrogens (tertiary/aromatic N) is 2. The van der Waals surface area contributed by atoms with E-state index in [2.05, 4.69) is 114 Å². The lowest BCUT2D eigenvalue weighted by Gasteiger charge is -2.19. The molecule has 84 heavy (non-hydrogen) atoms. The lowest BCUT2D eigenvalue weighted by atomic mass is 10.0. The maximum Gasteiger partial charge on any atom is 0.203 e. The number of hydrogen-bond acceptors (Lipinski definition) is 8. The molecule has 0 radical (unpaired) electrons. The molecule has 466 valence electrons. The van der Waals surface area contributed by atoms with Crippen LogP contribution in [0.3, 0.4) is 0 Å². The fraction of sp³-hybridized carbons (Fsp3) is 0.632. The van der Waals surface area contributed by atoms with Gasteiger partial charge in [-0.25, -0.2) is 0 Å². The number of unbranched alkanes of at least 4 members (excludes halogenated alkanes) is 30. The van der Waals surface area contributed by atoms with Crippen molar-refractivity contribution in [1.29, 1.82) is 0 Å². The van der Waals surface area contributed by atoms with Crippen molar-refractivity contribution in [2.75, 3.05) is 39.6 Å². The van der Waals surface area contributed by atoms with E-state index in [1.807, 2.05) is 12.4 Å². The first-order valence-corrected chi connectivity index (χ1v) is 34.6. The molecule has 5 aromatic rings. The van der Waals surface area contributed by atoms with Crippen LogP contribution in [0.15, 0.2) is 79.1 Å². The molecule has 2 aromatic heterocycles. The molecule has 0 N–H and O–H groups in total. The molecule has 0 aliphatic carbocycles. The number of rotatable bonds is 52. The third kappa shape index (κ3) is 27.4. The summed E-state index contributed by atoms with van der Waals surface area (Å²) in [6.07, 6.45) is 47.4. The standard InChI is InChI=1S/C76H115N2O6/c1-7-13-19-25-31-37-50-79-71-57-67(58-72(80-51-38-32-26-20-14-8-2)75(71)83-54-41-35-29-23-17-11-5)65-46-48-69(77-61-65)63-44-43-45-64(56-63)70-49-47-66(62-78-70)68-59-73(81-52-39-33-27-21-15-9-3)76(84-55-42-36-30-24-18-12-6)74(60-68)82-53-40-34-28-22-16-10-4/h43-49,57-62H,7-42,50-55H2,1-6H3/q-1. The molecule has 0 bridgehead atoms. The highest BCUT2D eigenvalue weighted by Gasteiger charge is 2.20. The van der Waals surface area contributed by atoms with Crippen molar-refractivity contribution in [2.45, 2.75) is 273 Å². The Morgan fingerprint density at radius 3 is 0.774 bits per heavy atom. The summed E-state index contributed by atoms with van der Waals surface area (Å²) < 4.78 is 39.9. The van der Waals surface area contributed by atoms with E-state index >= 15 is 0 Å². The lowest BCUT2D eigenvalue weighted by molar-refractivity contribution is 0.234. The maximum atomic E-state index is 6.66. The fourth-order valence-electron chi connectivity index (χ4n) is 10.8. The molecule has 3 aromatic carbocycles. The summed E-state index contributed by atoms with van der Waals surface area (Å²) in [4.78, 5) is 10.1. The highest BCUT2D eigenvalue weighted by molar-refractivity contribution is 5.75. The molecule has 8 heteroatoms. The van der Waals surface area contributed by atoms with Crippen LogP contribution in [-0.4, -0.2) is 49.6 Å². The van der Waals surface area contributed by atoms with Crippen molar-refractivity contribution in [2.24, 2.45) is 0 Å². The summed E-state index contributed by atoms with van der Waals surface area (Å²) in [5, 5.41) is 0. The first-order chi connectivity index (χ1) is 41.5. The molecule has 0 aliphatic rings. The summed E-state index contributed by atoms with van der Waals surface area (Å²) in [7, 11) is 0. The van der Waals surface area contributed by atoms with Crippen LogP contribution in [0.2, 0.25) is 0 Å². The third-order valence-corrected chi connectivity index (χ3v) is 16.1. The topological polar surface area (TPSA) is 81.2 Å². The van der Waals surface area contributed by atoms with E-state index in [4.69, 9.17) is 38.4 Å². The zero-order valence-electron chi connectivity index (χ0n) is 54.0. The Morgan fingerprint density at radius 2 is 0.524 bits per heavy atom. The number of ether oxygens (including phenoxy) is 6. The maximum absolute atomic E-state index is 6.66. The minimum atomic E-state index is 0.645. The molecule has 0 saturated carbocycles. The van der Waals surface area contributed by atoms with Crippen LogP contribution in [0.4, 0.5) is 0 Å². The second-order valence-electron chi connectivity index (χ2n) is 23.6. The normalized spacial score (nSPS) is 11.3. The number of pyridine rings is 2. The molecular formula is C76H115N2O6-. The molecular weight excluding hydrogens is 1040 g/mol. The predicted octanol–water partition coefficient (Wildman–Crippen LogP) is 23.4. The van der Waals surface area contributed by atoms with Gasteiger partial charge in [-0.2, -0.15) is 0 Å². The van der Waals surface area contributed by atoms with Crippen molar-refractivity contribution in [3.05, 3.63) is 85.2 Å². The van der Waals surface area contributed by atoms with Crippen LogP contribution in [-0.2, 0) is 0 Å². The van der Waals surface area contributed by atoms with Gasteiger partial charge in [0.15, 0.2) is 23.0 Å². The number of hydrogen-bond donors (Lipinski definition) is 0. The Kier molecular flexibility index (Phi) is 37.4. The Balaban J connectivity index is 1.38. The summed E-state index contributed by atoms with van der Waals surface area (Å²) in [6, 6.07) is 26.9. The summed E-state index contributed by atoms with van der Waals surface area (Å²) >= 11 is 0. The summed E-state index contributed by atoms with van der Waals surface area (Å²) in [5.74, 6) is 4.50. The van der Waals surface area contributed by atoms with Gasteiger partial charge in [0, 0.05) is 23.8 Å². The zero-order valence-corrected chi connectivity index (χ0v) is 54.0. The quantitative estimate of drug-likeness (QED) is 0.0281. The monoisotopic (exact) mass is 1150 g/mol. The van der Waals surface area contributed by atoms with Crippen LogP contribution in [0.5, 0.6) is 34.5 Å². The Labute approximate surface area is 512 Å². The van der Waals surface area contributed by atoms with Crippen molar-refractivity contribution in [3.63, 3.8) is 0 Å². The van der Waals surface area contributed by atoms with E-state index in [0.717, 1.165) is 143 Å². The number of benzene rings is 3. The molecule has 0 fully saturated rings. The van der Waals surface area contributed by atoms with Crippen LogP contribution in [0, 0.1) is 6.07 Å². The highest BCUT2D eigenvalue weighted by Crippen LogP contribution is 2.44. The van der Waals surface area contributed by atoms with E-state index in [1.165, 1.54) is 167 Å². The van der Waals surface area contributed by atoms with Gasteiger partial charge in [-0.1, -0.05) is 270 Å². The average Bonchev–Trinajstić information content (AvgIpc) is 2.63. The lowest BCUT2D eigenvalue weighted by Crippen LogP contribution is -2.07. The molecule has 0 saturated heterocycles. The van der Waals surface area contributed by atoms with Gasteiger partial charge in [0.2, 0.25) is 11.5 Å². The van der Waals surface area contributed by atoms with Gasteiger partial charge in [-0.3, -0.25) is 9.97 Å². The van der Waals surface area contributed by atoms with Gasteiger partial charge >= 0.3 is 0 Å². The van der Waals surface area contributed by atoms with E-state index in [9.17, 15) is 0 Å². The van der Waals surface area contributed by atoms with Crippen LogP contribution in [0.25, 0.3) is 44.8 Å². The van der Waals surface area contributed by atoms with Crippen LogP contribution >= 0.6 is 0 Å². The van der Waals surface area contributed by atoms with Gasteiger partial charge in [-0.05, 0) is 85.0 Å². The largest absolute Gasteiger partial charge is 0.490 e. The second-order valence-corrected chi connectivity index (χ2v) is 23.6. The van der Waals surface area contributed by atoms with Crippen LogP contribution < -0.4 is 28.4 Å². The van der Waals surface area contributed by atoms with Gasteiger partial charge in [-0.15, -0.1) is 24.3 Å². The van der Waals surface area contributed by atoms with E-state index in [-0.39, 0.29) is 0 Å². The van der Waals surface area contributed by atoms with Gasteiger partial charge in [0.05, 0.1) is 39.6 Å². The minimum Gasteiger partial charge on any atom is -0.490 e. The SMILES string of the molecule is CCCCCCCCOc1cc(-c2ccc(-c3[c-]c(-c4ccc(-c5cc(OCCCCCCCC)c(OCCCCCCCC)c(OCCCCCCCC)c5)cn4)ccc3)nc2)cc(OCCCCCCCC)c1OCCCCCCCC. The van der Waals surface area contributed by atoms with Gasteiger partial charge in [0.25, 0.3) is 0 Å². The van der Waals surface area contributed by atoms with Crippen LogP contribution in [0.1, 0.15) is 273 Å². The van der Waals surface area contributed by atoms with E-state index in [0.29, 0.717) is 39.6 Å². The van der Waals surface area contributed by atoms with Crippen molar-refractivity contribution < 1.29 is 28.4 Å². The first kappa shape index (κ1) is 69.5. The highest BCUT2D eigenvalue weighted by atomic mass is 16.5. The van der Waals surface area contributed by atoms with E-state index < -0.39 is 0 Å². The minimum absolute atomic E-state index is 0.645. The Hall–Kier alpha value is -5.24. The zero-order chi connectivity index (χ0) is 59.3. The molecule has 2 heterocycles. The predicted molar refractivity (Wildman–Crippen MR) is 356 cm³/mol.